The number of pyridine rings is 1. The van der Waals surface area contributed by atoms with E-state index >= 15 is 0 Å². The first-order valence-electron chi connectivity index (χ1n) is 8.05. The van der Waals surface area contributed by atoms with Crippen molar-refractivity contribution in [2.24, 2.45) is 0 Å². The number of fused-ring (bicyclic) bond motifs is 1. The number of aliphatic hydroxyl groups is 1. The van der Waals surface area contributed by atoms with Gasteiger partial charge in [-0.2, -0.15) is 5.10 Å². The van der Waals surface area contributed by atoms with E-state index in [4.69, 9.17) is 4.74 Å². The number of amides is 1. The molecular formula is C16H20N4O5S. The maximum atomic E-state index is 12.3. The molecule has 3 heterocycles. The first kappa shape index (κ1) is 18.3. The summed E-state index contributed by atoms with van der Waals surface area (Å²) in [5, 5.41) is 14.3. The van der Waals surface area contributed by atoms with Crippen molar-refractivity contribution >= 4 is 15.7 Å². The second-order valence-electron chi connectivity index (χ2n) is 6.18. The van der Waals surface area contributed by atoms with E-state index in [-0.39, 0.29) is 18.3 Å². The summed E-state index contributed by atoms with van der Waals surface area (Å²) in [6.07, 6.45) is 3.04. The zero-order chi connectivity index (χ0) is 18.7. The van der Waals surface area contributed by atoms with Gasteiger partial charge in [-0.05, 0) is 18.2 Å². The maximum absolute atomic E-state index is 12.3. The molecule has 1 unspecified atom stereocenters. The lowest BCUT2D eigenvalue weighted by Crippen LogP contribution is -2.40. The Labute approximate surface area is 151 Å². The minimum Gasteiger partial charge on any atom is -0.482 e. The first-order valence-corrected chi connectivity index (χ1v) is 10.1. The molecule has 0 bridgehead atoms. The lowest BCUT2D eigenvalue weighted by Gasteiger charge is -2.27. The average Bonchev–Trinajstić information content (AvgIpc) is 3.02. The third-order valence-electron chi connectivity index (χ3n) is 3.97. The molecule has 9 nitrogen and oxygen atoms in total. The molecule has 0 radical (unpaired) electrons. The highest BCUT2D eigenvalue weighted by atomic mass is 32.2. The Bertz CT molecular complexity index is 881. The number of rotatable bonds is 6. The van der Waals surface area contributed by atoms with E-state index in [0.717, 1.165) is 11.9 Å². The Hall–Kier alpha value is -2.46. The van der Waals surface area contributed by atoms with Crippen molar-refractivity contribution in [3.05, 3.63) is 42.0 Å². The normalized spacial score (nSPS) is 15.4. The smallest absolute Gasteiger partial charge is 0.260 e. The van der Waals surface area contributed by atoms with Crippen molar-refractivity contribution in [2.75, 3.05) is 25.2 Å². The van der Waals surface area contributed by atoms with Gasteiger partial charge in [0.1, 0.15) is 21.7 Å². The van der Waals surface area contributed by atoms with Gasteiger partial charge in [0.05, 0.1) is 36.4 Å². The number of carbonyl (C=O) groups is 1. The molecule has 0 aromatic carbocycles. The van der Waals surface area contributed by atoms with Gasteiger partial charge in [0.15, 0.2) is 6.61 Å². The van der Waals surface area contributed by atoms with Gasteiger partial charge in [-0.25, -0.2) is 8.42 Å². The molecule has 140 valence electrons. The summed E-state index contributed by atoms with van der Waals surface area (Å²) in [4.78, 5) is 17.9. The molecule has 2 aromatic rings. The van der Waals surface area contributed by atoms with Crippen LogP contribution >= 0.6 is 0 Å². The van der Waals surface area contributed by atoms with Gasteiger partial charge in [-0.1, -0.05) is 0 Å². The number of sulfone groups is 1. The van der Waals surface area contributed by atoms with Crippen LogP contribution in [0.15, 0.2) is 30.6 Å². The summed E-state index contributed by atoms with van der Waals surface area (Å²) in [5.74, 6) is -0.0287. The highest BCUT2D eigenvalue weighted by Crippen LogP contribution is 2.19. The van der Waals surface area contributed by atoms with Crippen LogP contribution < -0.4 is 4.74 Å². The molecule has 0 fully saturated rings. The van der Waals surface area contributed by atoms with E-state index in [1.807, 2.05) is 0 Å². The topological polar surface area (TPSA) is 115 Å². The molecule has 0 saturated carbocycles. The van der Waals surface area contributed by atoms with Crippen LogP contribution in [0.1, 0.15) is 17.5 Å². The summed E-state index contributed by atoms with van der Waals surface area (Å²) in [6, 6.07) is 5.08. The molecule has 1 atom stereocenters. The number of carbonyl (C=O) groups excluding carboxylic acids is 1. The number of hydrogen-bond donors (Lipinski definition) is 1. The van der Waals surface area contributed by atoms with Crippen LogP contribution in [0.2, 0.25) is 0 Å². The van der Waals surface area contributed by atoms with Gasteiger partial charge >= 0.3 is 0 Å². The number of ether oxygens (including phenoxy) is 1. The molecule has 26 heavy (non-hydrogen) atoms. The fourth-order valence-corrected chi connectivity index (χ4v) is 3.45. The monoisotopic (exact) mass is 380 g/mol. The van der Waals surface area contributed by atoms with Crippen LogP contribution in [0.25, 0.3) is 0 Å². The molecule has 0 saturated heterocycles. The predicted octanol–water partition coefficient (Wildman–Crippen LogP) is -0.223. The van der Waals surface area contributed by atoms with Crippen molar-refractivity contribution in [1.29, 1.82) is 0 Å². The van der Waals surface area contributed by atoms with E-state index in [1.54, 1.807) is 34.0 Å². The Kier molecular flexibility index (Phi) is 5.23. The van der Waals surface area contributed by atoms with E-state index < -0.39 is 15.9 Å². The lowest BCUT2D eigenvalue weighted by atomic mass is 10.2. The molecule has 1 aliphatic rings. The highest BCUT2D eigenvalue weighted by Gasteiger charge is 2.25. The standard InChI is InChI=1S/C16H20N4O5S/c1-26(23,24)11-15(21)14-7-12-9-19(5-6-20(12)18-14)16(22)10-25-13-3-2-4-17-8-13/h2-4,7-8,15,21H,5-6,9-11H2,1H3. The van der Waals surface area contributed by atoms with Crippen LogP contribution in [0.4, 0.5) is 0 Å². The quantitative estimate of drug-likeness (QED) is 0.736. The number of aliphatic hydroxyl groups excluding tert-OH is 1. The number of aromatic nitrogens is 3. The van der Waals surface area contributed by atoms with Gasteiger partial charge in [0.2, 0.25) is 0 Å². The zero-order valence-electron chi connectivity index (χ0n) is 14.3. The van der Waals surface area contributed by atoms with Crippen LogP contribution in [-0.2, 0) is 27.7 Å². The number of hydrogen-bond acceptors (Lipinski definition) is 7. The summed E-state index contributed by atoms with van der Waals surface area (Å²) in [7, 11) is -3.32. The van der Waals surface area contributed by atoms with Crippen molar-refractivity contribution < 1.29 is 23.1 Å². The Morgan fingerprint density at radius 1 is 1.42 bits per heavy atom. The molecule has 1 aliphatic heterocycles. The molecule has 3 rings (SSSR count). The third-order valence-corrected chi connectivity index (χ3v) is 4.89. The van der Waals surface area contributed by atoms with E-state index in [9.17, 15) is 18.3 Å². The third kappa shape index (κ3) is 4.58. The van der Waals surface area contributed by atoms with Crippen LogP contribution in [0.3, 0.4) is 0 Å². The van der Waals surface area contributed by atoms with Gasteiger partial charge in [-0.3, -0.25) is 14.5 Å². The summed E-state index contributed by atoms with van der Waals surface area (Å²) in [6.45, 7) is 1.17. The maximum Gasteiger partial charge on any atom is 0.260 e. The Morgan fingerprint density at radius 3 is 2.92 bits per heavy atom. The van der Waals surface area contributed by atoms with Crippen molar-refractivity contribution in [2.45, 2.75) is 19.2 Å². The first-order chi connectivity index (χ1) is 12.3. The predicted molar refractivity (Wildman–Crippen MR) is 92.0 cm³/mol. The van der Waals surface area contributed by atoms with Crippen LogP contribution in [0, 0.1) is 0 Å². The van der Waals surface area contributed by atoms with Crippen molar-refractivity contribution in [3.8, 4) is 5.75 Å². The Balaban J connectivity index is 1.61. The molecule has 2 aromatic heterocycles. The van der Waals surface area contributed by atoms with Gasteiger partial charge in [-0.15, -0.1) is 0 Å². The lowest BCUT2D eigenvalue weighted by molar-refractivity contribution is -0.134. The van der Waals surface area contributed by atoms with Crippen LogP contribution in [-0.4, -0.2) is 64.3 Å². The number of nitrogens with zero attached hydrogens (tertiary/aromatic N) is 4. The van der Waals surface area contributed by atoms with E-state index in [2.05, 4.69) is 10.1 Å². The van der Waals surface area contributed by atoms with Gasteiger partial charge in [0.25, 0.3) is 5.91 Å². The molecule has 1 amide bonds. The minimum atomic E-state index is -3.32. The molecule has 10 heteroatoms. The average molecular weight is 380 g/mol. The van der Waals surface area contributed by atoms with Gasteiger partial charge < -0.3 is 14.7 Å². The second kappa shape index (κ2) is 7.42. The SMILES string of the molecule is CS(=O)(=O)CC(O)c1cc2n(n1)CCN(C(=O)COc1cccnc1)C2. The van der Waals surface area contributed by atoms with Gasteiger partial charge in [0, 0.05) is 19.0 Å². The molecule has 1 N–H and O–H groups in total. The minimum absolute atomic E-state index is 0.0939. The molecule has 0 aliphatic carbocycles. The molecule has 0 spiro atoms. The van der Waals surface area contributed by atoms with E-state index in [0.29, 0.717) is 31.1 Å². The van der Waals surface area contributed by atoms with Crippen LogP contribution in [0.5, 0.6) is 5.75 Å². The Morgan fingerprint density at radius 2 is 2.23 bits per heavy atom. The zero-order valence-corrected chi connectivity index (χ0v) is 15.1. The second-order valence-corrected chi connectivity index (χ2v) is 8.37. The van der Waals surface area contributed by atoms with E-state index in [1.165, 1.54) is 6.20 Å². The fraction of sp³-hybridized carbons (Fsp3) is 0.438. The summed E-state index contributed by atoms with van der Waals surface area (Å²) >= 11 is 0. The largest absolute Gasteiger partial charge is 0.482 e. The van der Waals surface area contributed by atoms with Crippen molar-refractivity contribution in [3.63, 3.8) is 0 Å². The van der Waals surface area contributed by atoms with Crippen molar-refractivity contribution in [1.82, 2.24) is 19.7 Å². The highest BCUT2D eigenvalue weighted by molar-refractivity contribution is 7.90. The summed E-state index contributed by atoms with van der Waals surface area (Å²) in [5.41, 5.74) is 1.04. The fourth-order valence-electron chi connectivity index (χ4n) is 2.71. The summed E-state index contributed by atoms with van der Waals surface area (Å²) < 4.78 is 29.8. The molecular weight excluding hydrogens is 360 g/mol.